The van der Waals surface area contributed by atoms with Gasteiger partial charge < -0.3 is 5.11 Å². The predicted molar refractivity (Wildman–Crippen MR) is 60.1 cm³/mol. The second-order valence-electron chi connectivity index (χ2n) is 3.55. The van der Waals surface area contributed by atoms with Gasteiger partial charge in [-0.2, -0.15) is 0 Å². The highest BCUT2D eigenvalue weighted by molar-refractivity contribution is 7.92. The molecular formula is C11H14O4S. The Morgan fingerprint density at radius 2 is 1.81 bits per heavy atom. The van der Waals surface area contributed by atoms with E-state index in [4.69, 9.17) is 5.11 Å². The summed E-state index contributed by atoms with van der Waals surface area (Å²) in [6.45, 7) is 2.04. The molecule has 1 aromatic carbocycles. The second kappa shape index (κ2) is 5.12. The number of hydrogen-bond acceptors (Lipinski definition) is 3. The number of benzene rings is 1. The third kappa shape index (κ3) is 3.34. The molecule has 0 spiro atoms. The fourth-order valence-corrected chi connectivity index (χ4v) is 2.44. The smallest absolute Gasteiger partial charge is 0.319 e. The summed E-state index contributed by atoms with van der Waals surface area (Å²) in [4.78, 5) is 10.4. The van der Waals surface area contributed by atoms with Crippen LogP contribution in [0.2, 0.25) is 0 Å². The van der Waals surface area contributed by atoms with Gasteiger partial charge in [0.1, 0.15) is 0 Å². The normalized spacial score (nSPS) is 11.3. The standard InChI is InChI=1S/C11H14O4S/c1-2-3-9-4-6-10(7-5-9)16(14,15)8-11(12)13/h4-7H,2-3,8H2,1H3,(H,12,13). The number of rotatable bonds is 5. The van der Waals surface area contributed by atoms with Gasteiger partial charge in [-0.25, -0.2) is 8.42 Å². The topological polar surface area (TPSA) is 71.4 Å². The molecule has 88 valence electrons. The third-order valence-electron chi connectivity index (χ3n) is 2.13. The lowest BCUT2D eigenvalue weighted by atomic mass is 10.1. The van der Waals surface area contributed by atoms with Crippen LogP contribution in [-0.4, -0.2) is 25.2 Å². The van der Waals surface area contributed by atoms with Crippen LogP contribution >= 0.6 is 0 Å². The molecule has 0 atom stereocenters. The maximum absolute atomic E-state index is 11.5. The van der Waals surface area contributed by atoms with E-state index in [0.29, 0.717) is 0 Å². The largest absolute Gasteiger partial charge is 0.480 e. The van der Waals surface area contributed by atoms with Crippen LogP contribution in [0.1, 0.15) is 18.9 Å². The van der Waals surface area contributed by atoms with Gasteiger partial charge in [-0.05, 0) is 24.1 Å². The fourth-order valence-electron chi connectivity index (χ4n) is 1.40. The number of sulfone groups is 1. The summed E-state index contributed by atoms with van der Waals surface area (Å²) in [5.41, 5.74) is 1.05. The predicted octanol–water partition coefficient (Wildman–Crippen LogP) is 1.50. The number of aliphatic carboxylic acids is 1. The molecule has 0 saturated carbocycles. The summed E-state index contributed by atoms with van der Waals surface area (Å²) in [5.74, 6) is -2.20. The first-order chi connectivity index (χ1) is 7.45. The molecule has 0 bridgehead atoms. The van der Waals surface area contributed by atoms with E-state index in [1.54, 1.807) is 12.1 Å². The lowest BCUT2D eigenvalue weighted by Crippen LogP contribution is -2.15. The van der Waals surface area contributed by atoms with Crippen LogP contribution in [0.4, 0.5) is 0 Å². The van der Waals surface area contributed by atoms with Gasteiger partial charge in [0.15, 0.2) is 15.6 Å². The van der Waals surface area contributed by atoms with Crippen LogP contribution in [0.3, 0.4) is 0 Å². The van der Waals surface area contributed by atoms with E-state index in [0.717, 1.165) is 18.4 Å². The van der Waals surface area contributed by atoms with Crippen LogP contribution in [0.25, 0.3) is 0 Å². The Morgan fingerprint density at radius 1 is 1.25 bits per heavy atom. The Balaban J connectivity index is 2.93. The Hall–Kier alpha value is -1.36. The van der Waals surface area contributed by atoms with E-state index in [2.05, 4.69) is 0 Å². The van der Waals surface area contributed by atoms with Crippen LogP contribution < -0.4 is 0 Å². The molecular weight excluding hydrogens is 228 g/mol. The average Bonchev–Trinajstić information content (AvgIpc) is 2.17. The van der Waals surface area contributed by atoms with E-state index >= 15 is 0 Å². The maximum Gasteiger partial charge on any atom is 0.319 e. The Kier molecular flexibility index (Phi) is 4.06. The molecule has 0 heterocycles. The van der Waals surface area contributed by atoms with E-state index in [1.165, 1.54) is 12.1 Å². The molecule has 0 aromatic heterocycles. The highest BCUT2D eigenvalue weighted by Crippen LogP contribution is 2.13. The molecule has 0 saturated heterocycles. The van der Waals surface area contributed by atoms with Crippen LogP contribution in [0.15, 0.2) is 29.2 Å². The summed E-state index contributed by atoms with van der Waals surface area (Å²) in [5, 5.41) is 8.47. The monoisotopic (exact) mass is 242 g/mol. The molecule has 5 heteroatoms. The Bertz CT molecular complexity index is 459. The second-order valence-corrected chi connectivity index (χ2v) is 5.54. The van der Waals surface area contributed by atoms with Gasteiger partial charge in [0, 0.05) is 0 Å². The minimum Gasteiger partial charge on any atom is -0.480 e. The van der Waals surface area contributed by atoms with Crippen molar-refractivity contribution in [3.8, 4) is 0 Å². The SMILES string of the molecule is CCCc1ccc(S(=O)(=O)CC(=O)O)cc1. The maximum atomic E-state index is 11.5. The molecule has 4 nitrogen and oxygen atoms in total. The fraction of sp³-hybridized carbons (Fsp3) is 0.364. The van der Waals surface area contributed by atoms with Crippen molar-refractivity contribution < 1.29 is 18.3 Å². The van der Waals surface area contributed by atoms with Gasteiger partial charge in [-0.1, -0.05) is 25.5 Å². The Labute approximate surface area is 94.8 Å². The van der Waals surface area contributed by atoms with Crippen LogP contribution in [-0.2, 0) is 21.1 Å². The molecule has 0 aliphatic carbocycles. The number of carboxylic acid groups (broad SMARTS) is 1. The molecule has 0 radical (unpaired) electrons. The molecule has 1 rings (SSSR count). The summed E-state index contributed by atoms with van der Waals surface area (Å²) in [6.07, 6.45) is 1.88. The van der Waals surface area contributed by atoms with Crippen molar-refractivity contribution in [2.45, 2.75) is 24.7 Å². The third-order valence-corrected chi connectivity index (χ3v) is 3.75. The van der Waals surface area contributed by atoms with E-state index in [1.807, 2.05) is 6.92 Å². The molecule has 0 unspecified atom stereocenters. The van der Waals surface area contributed by atoms with Crippen molar-refractivity contribution in [3.63, 3.8) is 0 Å². The van der Waals surface area contributed by atoms with Gasteiger partial charge in [0.2, 0.25) is 0 Å². The zero-order valence-electron chi connectivity index (χ0n) is 9.01. The molecule has 1 aromatic rings. The quantitative estimate of drug-likeness (QED) is 0.849. The number of hydrogen-bond donors (Lipinski definition) is 1. The minimum atomic E-state index is -3.69. The molecule has 1 N–H and O–H groups in total. The average molecular weight is 242 g/mol. The number of carbonyl (C=O) groups is 1. The van der Waals surface area contributed by atoms with E-state index in [9.17, 15) is 13.2 Å². The number of carboxylic acids is 1. The lowest BCUT2D eigenvalue weighted by molar-refractivity contribution is -0.134. The lowest BCUT2D eigenvalue weighted by Gasteiger charge is -2.03. The van der Waals surface area contributed by atoms with Crippen molar-refractivity contribution in [1.29, 1.82) is 0 Å². The van der Waals surface area contributed by atoms with Gasteiger partial charge in [-0.15, -0.1) is 0 Å². The first-order valence-corrected chi connectivity index (χ1v) is 6.64. The van der Waals surface area contributed by atoms with Gasteiger partial charge in [0.05, 0.1) is 4.90 Å². The summed E-state index contributed by atoms with van der Waals surface area (Å²) >= 11 is 0. The summed E-state index contributed by atoms with van der Waals surface area (Å²) < 4.78 is 23.1. The van der Waals surface area contributed by atoms with Crippen molar-refractivity contribution in [2.75, 3.05) is 5.75 Å². The van der Waals surface area contributed by atoms with Crippen molar-refractivity contribution in [3.05, 3.63) is 29.8 Å². The highest BCUT2D eigenvalue weighted by atomic mass is 32.2. The first-order valence-electron chi connectivity index (χ1n) is 4.99. The molecule has 16 heavy (non-hydrogen) atoms. The van der Waals surface area contributed by atoms with Gasteiger partial charge >= 0.3 is 5.97 Å². The molecule has 0 amide bonds. The van der Waals surface area contributed by atoms with Crippen molar-refractivity contribution in [1.82, 2.24) is 0 Å². The summed E-state index contributed by atoms with van der Waals surface area (Å²) in [6, 6.07) is 6.36. The first kappa shape index (κ1) is 12.7. The van der Waals surface area contributed by atoms with Gasteiger partial charge in [0.25, 0.3) is 0 Å². The van der Waals surface area contributed by atoms with Crippen molar-refractivity contribution in [2.24, 2.45) is 0 Å². The molecule has 0 fully saturated rings. The van der Waals surface area contributed by atoms with Crippen LogP contribution in [0.5, 0.6) is 0 Å². The number of aryl methyl sites for hydroxylation is 1. The van der Waals surface area contributed by atoms with E-state index < -0.39 is 21.6 Å². The summed E-state index contributed by atoms with van der Waals surface area (Å²) in [7, 11) is -3.69. The zero-order valence-corrected chi connectivity index (χ0v) is 9.83. The Morgan fingerprint density at radius 3 is 2.25 bits per heavy atom. The molecule has 0 aliphatic heterocycles. The van der Waals surface area contributed by atoms with Crippen LogP contribution in [0, 0.1) is 0 Å². The minimum absolute atomic E-state index is 0.0646. The van der Waals surface area contributed by atoms with E-state index in [-0.39, 0.29) is 4.90 Å². The van der Waals surface area contributed by atoms with Crippen molar-refractivity contribution >= 4 is 15.8 Å². The highest BCUT2D eigenvalue weighted by Gasteiger charge is 2.18. The van der Waals surface area contributed by atoms with Gasteiger partial charge in [-0.3, -0.25) is 4.79 Å². The molecule has 0 aliphatic rings. The zero-order chi connectivity index (χ0) is 12.2.